The lowest BCUT2D eigenvalue weighted by molar-refractivity contribution is 0.861. The Balaban J connectivity index is 1.26. The number of rotatable bonds is 2. The van der Waals surface area contributed by atoms with Crippen molar-refractivity contribution in [1.82, 2.24) is 14.5 Å². The predicted octanol–water partition coefficient (Wildman–Crippen LogP) is 12.9. The summed E-state index contributed by atoms with van der Waals surface area (Å²) in [6.45, 7) is 0. The highest BCUT2D eigenvalue weighted by Crippen LogP contribution is 2.48. The van der Waals surface area contributed by atoms with Crippen LogP contribution in [-0.2, 0) is 12.8 Å². The van der Waals surface area contributed by atoms with E-state index in [4.69, 9.17) is 9.97 Å². The molecule has 4 heterocycles. The molecule has 5 heteroatoms. The standard InChI is InChI=1S/C46H27N3S2/c1-2-12-28-26(11-1)21-23-35-41(28)43(27-22-24-39-34(25-27)29-13-6-9-19-37(29)50-39)48-46(47-35)49-36-18-8-5-16-32(36)40-30-14-3-4-15-31(30)45-42(44(40)49)33-17-7-10-20-38(33)51-45/h1-20,22,24-25H,21,23H2. The fourth-order valence-corrected chi connectivity index (χ4v) is 11.0. The molecule has 7 aromatic carbocycles. The van der Waals surface area contributed by atoms with Gasteiger partial charge < -0.3 is 0 Å². The summed E-state index contributed by atoms with van der Waals surface area (Å²) in [4.78, 5) is 11.2. The van der Waals surface area contributed by atoms with E-state index in [0.29, 0.717) is 0 Å². The van der Waals surface area contributed by atoms with E-state index in [1.165, 1.54) is 78.5 Å². The molecule has 0 aliphatic heterocycles. The summed E-state index contributed by atoms with van der Waals surface area (Å²) in [5.41, 5.74) is 9.32. The van der Waals surface area contributed by atoms with E-state index in [2.05, 4.69) is 144 Å². The van der Waals surface area contributed by atoms with Crippen molar-refractivity contribution in [2.24, 2.45) is 0 Å². The number of thiophene rings is 2. The molecule has 0 fully saturated rings. The average Bonchev–Trinajstić information content (AvgIpc) is 3.87. The molecule has 12 rings (SSSR count). The highest BCUT2D eigenvalue weighted by atomic mass is 32.1. The van der Waals surface area contributed by atoms with Crippen LogP contribution in [0.2, 0.25) is 0 Å². The molecule has 0 amide bonds. The monoisotopic (exact) mass is 685 g/mol. The lowest BCUT2D eigenvalue weighted by atomic mass is 9.86. The van der Waals surface area contributed by atoms with E-state index in [1.807, 2.05) is 22.7 Å². The van der Waals surface area contributed by atoms with Gasteiger partial charge in [0.15, 0.2) is 0 Å². The van der Waals surface area contributed by atoms with Gasteiger partial charge in [-0.15, -0.1) is 22.7 Å². The Morgan fingerprint density at radius 3 is 2.08 bits per heavy atom. The number of hydrogen-bond donors (Lipinski definition) is 0. The normalized spacial score (nSPS) is 12.9. The lowest BCUT2D eigenvalue weighted by Gasteiger charge is -2.23. The van der Waals surface area contributed by atoms with Crippen LogP contribution in [0.25, 0.3) is 101 Å². The summed E-state index contributed by atoms with van der Waals surface area (Å²) >= 11 is 3.74. The Bertz CT molecular complexity index is 3270. The molecule has 0 atom stereocenters. The van der Waals surface area contributed by atoms with Crippen LogP contribution in [0.1, 0.15) is 11.3 Å². The van der Waals surface area contributed by atoms with Crippen molar-refractivity contribution in [2.75, 3.05) is 0 Å². The summed E-state index contributed by atoms with van der Waals surface area (Å²) < 4.78 is 7.59. The number of benzene rings is 7. The number of nitrogens with zero attached hydrogens (tertiary/aromatic N) is 3. The van der Waals surface area contributed by atoms with Gasteiger partial charge in [-0.3, -0.25) is 4.57 Å². The van der Waals surface area contributed by atoms with Crippen LogP contribution in [0.4, 0.5) is 0 Å². The minimum atomic E-state index is 0.733. The van der Waals surface area contributed by atoms with E-state index in [9.17, 15) is 0 Å². The number of fused-ring (bicyclic) bond motifs is 16. The van der Waals surface area contributed by atoms with E-state index in [1.54, 1.807) is 0 Å². The maximum Gasteiger partial charge on any atom is 0.235 e. The summed E-state index contributed by atoms with van der Waals surface area (Å²) in [5, 5.41) is 10.2. The summed E-state index contributed by atoms with van der Waals surface area (Å²) in [6.07, 6.45) is 1.83. The molecule has 238 valence electrons. The molecule has 0 spiro atoms. The zero-order valence-electron chi connectivity index (χ0n) is 27.4. The molecule has 0 saturated heterocycles. The van der Waals surface area contributed by atoms with Crippen molar-refractivity contribution in [2.45, 2.75) is 12.8 Å². The topological polar surface area (TPSA) is 30.7 Å². The SMILES string of the molecule is c1ccc2c(c1)CCc1nc(-n3c4ccccc4c4c5ccccc5c5sc6ccccc6c5c43)nc(-c3ccc4sc5ccccc5c4c3)c1-2. The molecule has 0 unspecified atom stereocenters. The van der Waals surface area contributed by atoms with Gasteiger partial charge in [0, 0.05) is 67.6 Å². The molecular formula is C46H27N3S2. The lowest BCUT2D eigenvalue weighted by Crippen LogP contribution is -2.13. The molecular weight excluding hydrogens is 659 g/mol. The van der Waals surface area contributed by atoms with Crippen molar-refractivity contribution in [3.8, 4) is 28.3 Å². The Morgan fingerprint density at radius 2 is 1.20 bits per heavy atom. The minimum Gasteiger partial charge on any atom is -0.277 e. The maximum absolute atomic E-state index is 5.68. The Kier molecular flexibility index (Phi) is 5.65. The molecule has 11 aromatic rings. The quantitative estimate of drug-likeness (QED) is 0.181. The molecule has 0 radical (unpaired) electrons. The molecule has 0 bridgehead atoms. The third-order valence-corrected chi connectivity index (χ3v) is 13.2. The highest BCUT2D eigenvalue weighted by molar-refractivity contribution is 7.27. The molecule has 0 saturated carbocycles. The Morgan fingerprint density at radius 1 is 0.510 bits per heavy atom. The molecule has 51 heavy (non-hydrogen) atoms. The van der Waals surface area contributed by atoms with Crippen molar-refractivity contribution < 1.29 is 0 Å². The van der Waals surface area contributed by atoms with Gasteiger partial charge in [-0.1, -0.05) is 109 Å². The molecule has 3 nitrogen and oxygen atoms in total. The zero-order chi connectivity index (χ0) is 33.2. The van der Waals surface area contributed by atoms with Crippen LogP contribution in [-0.4, -0.2) is 14.5 Å². The number of aromatic nitrogens is 3. The number of aryl methyl sites for hydroxylation is 2. The summed E-state index contributed by atoms with van der Waals surface area (Å²) in [7, 11) is 0. The Labute approximate surface area is 300 Å². The molecule has 0 N–H and O–H groups in total. The van der Waals surface area contributed by atoms with Crippen molar-refractivity contribution in [1.29, 1.82) is 0 Å². The first kappa shape index (κ1) is 27.9. The summed E-state index contributed by atoms with van der Waals surface area (Å²) in [5.74, 6) is 0.733. The maximum atomic E-state index is 5.68. The smallest absolute Gasteiger partial charge is 0.235 e. The molecule has 4 aromatic heterocycles. The van der Waals surface area contributed by atoms with Crippen LogP contribution < -0.4 is 0 Å². The predicted molar refractivity (Wildman–Crippen MR) is 218 cm³/mol. The largest absolute Gasteiger partial charge is 0.277 e. The third kappa shape index (κ3) is 3.82. The van der Waals surface area contributed by atoms with Crippen LogP contribution in [0.15, 0.2) is 140 Å². The number of hydrogen-bond acceptors (Lipinski definition) is 4. The van der Waals surface area contributed by atoms with Gasteiger partial charge in [0.1, 0.15) is 0 Å². The first-order valence-electron chi connectivity index (χ1n) is 17.5. The van der Waals surface area contributed by atoms with Crippen LogP contribution >= 0.6 is 22.7 Å². The zero-order valence-corrected chi connectivity index (χ0v) is 29.0. The van der Waals surface area contributed by atoms with Gasteiger partial charge in [0.2, 0.25) is 5.95 Å². The van der Waals surface area contributed by atoms with Gasteiger partial charge in [0.25, 0.3) is 0 Å². The molecule has 1 aliphatic carbocycles. The van der Waals surface area contributed by atoms with Crippen LogP contribution in [0, 0.1) is 0 Å². The number of para-hydroxylation sites is 1. The van der Waals surface area contributed by atoms with E-state index < -0.39 is 0 Å². The average molecular weight is 686 g/mol. The van der Waals surface area contributed by atoms with Gasteiger partial charge >= 0.3 is 0 Å². The fraction of sp³-hybridized carbons (Fsp3) is 0.0435. The van der Waals surface area contributed by atoms with Gasteiger partial charge in [-0.2, -0.15) is 0 Å². The van der Waals surface area contributed by atoms with Crippen molar-refractivity contribution in [3.63, 3.8) is 0 Å². The van der Waals surface area contributed by atoms with Crippen LogP contribution in [0.5, 0.6) is 0 Å². The van der Waals surface area contributed by atoms with Crippen molar-refractivity contribution in [3.05, 3.63) is 151 Å². The van der Waals surface area contributed by atoms with E-state index in [-0.39, 0.29) is 0 Å². The third-order valence-electron chi connectivity index (χ3n) is 10.9. The van der Waals surface area contributed by atoms with Gasteiger partial charge in [-0.05, 0) is 59.7 Å². The first-order valence-corrected chi connectivity index (χ1v) is 19.1. The van der Waals surface area contributed by atoms with E-state index >= 15 is 0 Å². The highest BCUT2D eigenvalue weighted by Gasteiger charge is 2.27. The minimum absolute atomic E-state index is 0.733. The second kappa shape index (κ2) is 10.3. The first-order chi connectivity index (χ1) is 25.3. The van der Waals surface area contributed by atoms with Crippen molar-refractivity contribution >= 4 is 95.6 Å². The molecule has 1 aliphatic rings. The van der Waals surface area contributed by atoms with Gasteiger partial charge in [0.05, 0.1) is 22.4 Å². The second-order valence-electron chi connectivity index (χ2n) is 13.6. The van der Waals surface area contributed by atoms with Gasteiger partial charge in [-0.25, -0.2) is 9.97 Å². The second-order valence-corrected chi connectivity index (χ2v) is 15.7. The van der Waals surface area contributed by atoms with E-state index in [0.717, 1.165) is 46.8 Å². The summed E-state index contributed by atoms with van der Waals surface area (Å²) in [6, 6.07) is 51.1. The fourth-order valence-electron chi connectivity index (χ4n) is 8.70. The van der Waals surface area contributed by atoms with Crippen LogP contribution in [0.3, 0.4) is 0 Å². The Hall–Kier alpha value is -5.88.